The van der Waals surface area contributed by atoms with Crippen LogP contribution < -0.4 is 20.7 Å². The van der Waals surface area contributed by atoms with Gasteiger partial charge in [-0.2, -0.15) is 0 Å². The fraction of sp³-hybridized carbons (Fsp3) is 0.111. The second-order valence-corrected chi connectivity index (χ2v) is 11.9. The molecular formula is C36H25Cl5O8. The van der Waals surface area contributed by atoms with Gasteiger partial charge in [-0.15, -0.1) is 23.2 Å². The molecule has 0 spiro atoms. The molecule has 4 aromatic carbocycles. The van der Waals surface area contributed by atoms with E-state index < -0.39 is 23.2 Å². The number of hydrogen-bond acceptors (Lipinski definition) is 8. The lowest BCUT2D eigenvalue weighted by Crippen LogP contribution is -2.19. The molecule has 0 fully saturated rings. The molecule has 0 amide bonds. The molecule has 8 nitrogen and oxygen atoms in total. The van der Waals surface area contributed by atoms with Crippen molar-refractivity contribution >= 4 is 91.9 Å². The van der Waals surface area contributed by atoms with Crippen LogP contribution in [0.25, 0.3) is 21.9 Å². The monoisotopic (exact) mass is 760 g/mol. The molecular weight excluding hydrogens is 738 g/mol. The molecule has 0 saturated carbocycles. The Morgan fingerprint density at radius 3 is 1.67 bits per heavy atom. The number of carbonyl (C=O) groups excluding carboxylic acids is 2. The van der Waals surface area contributed by atoms with Crippen LogP contribution in [0, 0.1) is 6.92 Å². The van der Waals surface area contributed by atoms with Crippen LogP contribution in [-0.2, 0) is 11.8 Å². The minimum absolute atomic E-state index is 0. The van der Waals surface area contributed by atoms with Crippen molar-refractivity contribution in [2.45, 2.75) is 26.1 Å². The van der Waals surface area contributed by atoms with Crippen molar-refractivity contribution in [3.05, 3.63) is 149 Å². The van der Waals surface area contributed by atoms with E-state index in [1.165, 1.54) is 24.3 Å². The molecule has 49 heavy (non-hydrogen) atoms. The first kappa shape index (κ1) is 37.5. The highest BCUT2D eigenvalue weighted by atomic mass is 35.5. The lowest BCUT2D eigenvalue weighted by molar-refractivity contribution is 0.0720. The van der Waals surface area contributed by atoms with Crippen molar-refractivity contribution in [1.82, 2.24) is 0 Å². The fourth-order valence-corrected chi connectivity index (χ4v) is 5.18. The Morgan fingerprint density at radius 1 is 0.653 bits per heavy atom. The maximum atomic E-state index is 12.3. The van der Waals surface area contributed by atoms with Gasteiger partial charge in [-0.1, -0.05) is 66.5 Å². The van der Waals surface area contributed by atoms with Gasteiger partial charge in [-0.25, -0.2) is 19.2 Å². The van der Waals surface area contributed by atoms with Gasteiger partial charge in [-0.3, -0.25) is 0 Å². The highest BCUT2D eigenvalue weighted by molar-refractivity contribution is 6.34. The Labute approximate surface area is 304 Å². The summed E-state index contributed by atoms with van der Waals surface area (Å²) < 4.78 is 20.7. The molecule has 0 aliphatic heterocycles. The summed E-state index contributed by atoms with van der Waals surface area (Å²) in [6.45, 7) is 1.79. The molecule has 0 bridgehead atoms. The van der Waals surface area contributed by atoms with E-state index in [0.29, 0.717) is 43.7 Å². The number of aryl methyl sites for hydroxylation is 1. The van der Waals surface area contributed by atoms with Crippen molar-refractivity contribution in [3.63, 3.8) is 0 Å². The quantitative estimate of drug-likeness (QED) is 0.0713. The Balaban J connectivity index is 0.000000216. The maximum Gasteiger partial charge on any atom is 0.351 e. The average Bonchev–Trinajstić information content (AvgIpc) is 3.07. The van der Waals surface area contributed by atoms with Gasteiger partial charge in [-0.05, 0) is 78.2 Å². The van der Waals surface area contributed by atoms with E-state index in [4.69, 9.17) is 76.3 Å². The standard InChI is InChI=1S/C18H12Cl2O4.C17H9Cl3O4.CH4/c1-10-3-2-4-15(16(10)20)24-18(22)13-8-12-7-11(9-19)5-6-14(12)23-17(13)21;18-8-9-1-4-14-10(5-9)6-12(16(21)23-14)17(22)24-15-7-11(19)2-3-13(15)20;/h2-8H,9H2,1H3;1-7H,8H2;1H4. The Morgan fingerprint density at radius 2 is 1.16 bits per heavy atom. The minimum Gasteiger partial charge on any atom is -0.422 e. The third-order valence-corrected chi connectivity index (χ3v) is 8.45. The lowest BCUT2D eigenvalue weighted by Gasteiger charge is -2.08. The molecule has 0 N–H and O–H groups in total. The van der Waals surface area contributed by atoms with Crippen LogP contribution in [-0.4, -0.2) is 11.9 Å². The number of carbonyl (C=O) groups is 2. The average molecular weight is 763 g/mol. The van der Waals surface area contributed by atoms with Crippen LogP contribution >= 0.6 is 58.0 Å². The normalized spacial score (nSPS) is 10.6. The molecule has 2 heterocycles. The molecule has 2 aromatic heterocycles. The second-order valence-electron chi connectivity index (χ2n) is 10.1. The number of esters is 2. The number of fused-ring (bicyclic) bond motifs is 2. The van der Waals surface area contributed by atoms with E-state index >= 15 is 0 Å². The van der Waals surface area contributed by atoms with E-state index in [2.05, 4.69) is 0 Å². The van der Waals surface area contributed by atoms with Gasteiger partial charge >= 0.3 is 23.2 Å². The van der Waals surface area contributed by atoms with E-state index in [0.717, 1.165) is 16.7 Å². The Hall–Kier alpha value is -4.31. The van der Waals surface area contributed by atoms with Crippen molar-refractivity contribution < 1.29 is 27.9 Å². The number of halogens is 5. The van der Waals surface area contributed by atoms with Crippen LogP contribution in [0.3, 0.4) is 0 Å². The molecule has 0 saturated heterocycles. The van der Waals surface area contributed by atoms with Gasteiger partial charge < -0.3 is 18.3 Å². The smallest absolute Gasteiger partial charge is 0.351 e. The number of rotatable bonds is 6. The SMILES string of the molecule is C.Cc1cccc(OC(=O)c2cc3cc(CCl)ccc3oc2=O)c1Cl.O=C(Oc1cc(Cl)ccc1Cl)c1cc2cc(CCl)ccc2oc1=O. The summed E-state index contributed by atoms with van der Waals surface area (Å²) in [7, 11) is 0. The number of ether oxygens (including phenoxy) is 2. The van der Waals surface area contributed by atoms with E-state index in [9.17, 15) is 19.2 Å². The minimum atomic E-state index is -0.883. The Bertz CT molecular complexity index is 2200. The van der Waals surface area contributed by atoms with Crippen molar-refractivity contribution in [2.24, 2.45) is 0 Å². The van der Waals surface area contributed by atoms with Gasteiger partial charge in [0.1, 0.15) is 28.0 Å². The fourth-order valence-electron chi connectivity index (χ4n) is 4.36. The topological polar surface area (TPSA) is 113 Å². The second kappa shape index (κ2) is 16.4. The zero-order valence-corrected chi connectivity index (χ0v) is 28.4. The highest BCUT2D eigenvalue weighted by Gasteiger charge is 2.19. The van der Waals surface area contributed by atoms with Crippen LogP contribution in [0.2, 0.25) is 15.1 Å². The van der Waals surface area contributed by atoms with Gasteiger partial charge in [0.2, 0.25) is 0 Å². The summed E-state index contributed by atoms with van der Waals surface area (Å²) >= 11 is 29.5. The Kier molecular flexibility index (Phi) is 12.5. The van der Waals surface area contributed by atoms with Crippen molar-refractivity contribution in [3.8, 4) is 11.5 Å². The first-order valence-electron chi connectivity index (χ1n) is 13.9. The third kappa shape index (κ3) is 8.84. The van der Waals surface area contributed by atoms with Gasteiger partial charge in [0.15, 0.2) is 5.75 Å². The predicted octanol–water partition coefficient (Wildman–Crippen LogP) is 10.4. The molecule has 6 rings (SSSR count). The molecule has 13 heteroatoms. The van der Waals surface area contributed by atoms with Crippen LogP contribution in [0.1, 0.15) is 44.8 Å². The van der Waals surface area contributed by atoms with E-state index in [1.807, 2.05) is 0 Å². The summed E-state index contributed by atoms with van der Waals surface area (Å²) in [6, 6.07) is 22.6. The summed E-state index contributed by atoms with van der Waals surface area (Å²) in [5, 5.41) is 2.02. The van der Waals surface area contributed by atoms with E-state index in [1.54, 1.807) is 67.6 Å². The molecule has 0 aliphatic rings. The highest BCUT2D eigenvalue weighted by Crippen LogP contribution is 2.29. The molecule has 0 aliphatic carbocycles. The zero-order valence-electron chi connectivity index (χ0n) is 24.7. The summed E-state index contributed by atoms with van der Waals surface area (Å²) in [4.78, 5) is 48.7. The maximum absolute atomic E-state index is 12.3. The zero-order chi connectivity index (χ0) is 34.5. The number of alkyl halides is 2. The molecule has 252 valence electrons. The number of benzene rings is 4. The lowest BCUT2D eigenvalue weighted by atomic mass is 10.1. The number of hydrogen-bond donors (Lipinski definition) is 0. The summed E-state index contributed by atoms with van der Waals surface area (Å²) in [5.74, 6) is -0.847. The summed E-state index contributed by atoms with van der Waals surface area (Å²) in [6.07, 6.45) is 0. The summed E-state index contributed by atoms with van der Waals surface area (Å²) in [5.41, 5.74) is 1.15. The van der Waals surface area contributed by atoms with Gasteiger partial charge in [0.25, 0.3) is 0 Å². The molecule has 0 radical (unpaired) electrons. The first-order valence-corrected chi connectivity index (χ1v) is 16.1. The van der Waals surface area contributed by atoms with Crippen molar-refractivity contribution in [2.75, 3.05) is 0 Å². The van der Waals surface area contributed by atoms with Crippen molar-refractivity contribution in [1.29, 1.82) is 0 Å². The molecule has 6 aromatic rings. The van der Waals surface area contributed by atoms with Crippen LogP contribution in [0.4, 0.5) is 0 Å². The largest absolute Gasteiger partial charge is 0.422 e. The molecule has 0 unspecified atom stereocenters. The van der Waals surface area contributed by atoms with Gasteiger partial charge in [0.05, 0.1) is 10.0 Å². The molecule has 0 atom stereocenters. The predicted molar refractivity (Wildman–Crippen MR) is 193 cm³/mol. The van der Waals surface area contributed by atoms with Gasteiger partial charge in [0, 0.05) is 33.6 Å². The third-order valence-electron chi connectivity index (χ3n) is 6.80. The van der Waals surface area contributed by atoms with E-state index in [-0.39, 0.29) is 35.1 Å². The van der Waals surface area contributed by atoms with Crippen LogP contribution in [0.5, 0.6) is 11.5 Å². The van der Waals surface area contributed by atoms with Crippen LogP contribution in [0.15, 0.2) is 103 Å². The first-order chi connectivity index (χ1) is 23.0.